The predicted octanol–water partition coefficient (Wildman–Crippen LogP) is 4.32. The van der Waals surface area contributed by atoms with Crippen LogP contribution in [0.2, 0.25) is 10.2 Å². The van der Waals surface area contributed by atoms with Crippen LogP contribution in [0.4, 0.5) is 0 Å². The number of benzene rings is 1. The second kappa shape index (κ2) is 5.03. The van der Waals surface area contributed by atoms with Gasteiger partial charge in [0.2, 0.25) is 0 Å². The summed E-state index contributed by atoms with van der Waals surface area (Å²) in [5.41, 5.74) is 3.83. The van der Waals surface area contributed by atoms with E-state index in [0.29, 0.717) is 5.15 Å². The highest BCUT2D eigenvalue weighted by Crippen LogP contribution is 2.29. The van der Waals surface area contributed by atoms with E-state index in [1.165, 1.54) is 6.33 Å². The lowest BCUT2D eigenvalue weighted by Gasteiger charge is -2.09. The fraction of sp³-hybridized carbons (Fsp3) is 0.231. The zero-order chi connectivity index (χ0) is 12.4. The van der Waals surface area contributed by atoms with E-state index in [1.54, 1.807) is 0 Å². The largest absolute Gasteiger partial charge is 0.236 e. The molecule has 1 heterocycles. The average molecular weight is 267 g/mol. The zero-order valence-electron chi connectivity index (χ0n) is 9.67. The van der Waals surface area contributed by atoms with E-state index in [4.69, 9.17) is 23.2 Å². The standard InChI is InChI=1S/C13H12Cl2N2/c1-3-10-12(16-7-17-13(10)15)9-5-4-8(2)11(14)6-9/h4-7H,3H2,1-2H3. The van der Waals surface area contributed by atoms with Gasteiger partial charge in [-0.05, 0) is 25.0 Å². The summed E-state index contributed by atoms with van der Waals surface area (Å²) in [7, 11) is 0. The number of hydrogen-bond acceptors (Lipinski definition) is 2. The van der Waals surface area contributed by atoms with Crippen molar-refractivity contribution in [2.24, 2.45) is 0 Å². The Morgan fingerprint density at radius 3 is 2.59 bits per heavy atom. The molecule has 2 rings (SSSR count). The quantitative estimate of drug-likeness (QED) is 0.757. The summed E-state index contributed by atoms with van der Waals surface area (Å²) in [5.74, 6) is 0. The van der Waals surface area contributed by atoms with Gasteiger partial charge in [0.1, 0.15) is 11.5 Å². The summed E-state index contributed by atoms with van der Waals surface area (Å²) < 4.78 is 0. The van der Waals surface area contributed by atoms with Crippen LogP contribution in [0.25, 0.3) is 11.3 Å². The van der Waals surface area contributed by atoms with Crippen molar-refractivity contribution in [2.45, 2.75) is 20.3 Å². The maximum Gasteiger partial charge on any atom is 0.136 e. The first-order valence-corrected chi connectivity index (χ1v) is 6.15. The number of aromatic nitrogens is 2. The minimum Gasteiger partial charge on any atom is -0.236 e. The first-order chi connectivity index (χ1) is 8.13. The molecule has 0 spiro atoms. The summed E-state index contributed by atoms with van der Waals surface area (Å²) in [6.45, 7) is 4.00. The molecule has 0 unspecified atom stereocenters. The van der Waals surface area contributed by atoms with Crippen LogP contribution >= 0.6 is 23.2 Å². The van der Waals surface area contributed by atoms with Gasteiger partial charge in [0.05, 0.1) is 5.69 Å². The van der Waals surface area contributed by atoms with E-state index in [1.807, 2.05) is 32.0 Å². The number of nitrogens with zero attached hydrogens (tertiary/aromatic N) is 2. The molecule has 0 saturated heterocycles. The minimum absolute atomic E-state index is 0.509. The minimum atomic E-state index is 0.509. The highest BCUT2D eigenvalue weighted by molar-refractivity contribution is 6.31. The Hall–Kier alpha value is -1.12. The molecule has 88 valence electrons. The molecule has 0 radical (unpaired) electrons. The van der Waals surface area contributed by atoms with Gasteiger partial charge in [-0.1, -0.05) is 42.3 Å². The molecule has 0 aliphatic carbocycles. The Morgan fingerprint density at radius 2 is 1.94 bits per heavy atom. The molecular formula is C13H12Cl2N2. The lowest BCUT2D eigenvalue weighted by Crippen LogP contribution is -1.95. The third kappa shape index (κ3) is 2.43. The first kappa shape index (κ1) is 12.3. The van der Waals surface area contributed by atoms with E-state index < -0.39 is 0 Å². The van der Waals surface area contributed by atoms with Crippen LogP contribution in [-0.4, -0.2) is 9.97 Å². The summed E-state index contributed by atoms with van der Waals surface area (Å²) >= 11 is 12.2. The van der Waals surface area contributed by atoms with E-state index in [0.717, 1.165) is 33.8 Å². The molecule has 0 fully saturated rings. The molecule has 0 bridgehead atoms. The Kier molecular flexibility index (Phi) is 3.65. The van der Waals surface area contributed by atoms with Crippen LogP contribution in [0, 0.1) is 6.92 Å². The summed E-state index contributed by atoms with van der Waals surface area (Å²) in [5, 5.41) is 1.24. The van der Waals surface area contributed by atoms with Crippen molar-refractivity contribution < 1.29 is 0 Å². The molecule has 0 aliphatic rings. The van der Waals surface area contributed by atoms with Crippen molar-refractivity contribution in [3.63, 3.8) is 0 Å². The SMILES string of the molecule is CCc1c(Cl)ncnc1-c1ccc(C)c(Cl)c1. The second-order valence-electron chi connectivity index (χ2n) is 3.81. The van der Waals surface area contributed by atoms with Gasteiger partial charge in [-0.25, -0.2) is 9.97 Å². The predicted molar refractivity (Wildman–Crippen MR) is 71.6 cm³/mol. The maximum absolute atomic E-state index is 6.12. The van der Waals surface area contributed by atoms with Crippen molar-refractivity contribution in [1.29, 1.82) is 0 Å². The van der Waals surface area contributed by atoms with Gasteiger partial charge in [-0.2, -0.15) is 0 Å². The van der Waals surface area contributed by atoms with Crippen molar-refractivity contribution in [2.75, 3.05) is 0 Å². The number of aryl methyl sites for hydroxylation is 1. The van der Waals surface area contributed by atoms with Crippen LogP contribution in [0.15, 0.2) is 24.5 Å². The van der Waals surface area contributed by atoms with E-state index >= 15 is 0 Å². The molecule has 0 N–H and O–H groups in total. The number of halogens is 2. The van der Waals surface area contributed by atoms with Gasteiger partial charge in [0.15, 0.2) is 0 Å². The number of rotatable bonds is 2. The van der Waals surface area contributed by atoms with Crippen LogP contribution in [0.5, 0.6) is 0 Å². The van der Waals surface area contributed by atoms with Gasteiger partial charge < -0.3 is 0 Å². The molecule has 2 aromatic rings. The van der Waals surface area contributed by atoms with Crippen LogP contribution in [0.1, 0.15) is 18.1 Å². The molecule has 0 atom stereocenters. The summed E-state index contributed by atoms with van der Waals surface area (Å²) in [6, 6.07) is 5.89. The topological polar surface area (TPSA) is 25.8 Å². The van der Waals surface area contributed by atoms with Crippen LogP contribution < -0.4 is 0 Å². The highest BCUT2D eigenvalue weighted by Gasteiger charge is 2.10. The van der Waals surface area contributed by atoms with Crippen molar-refractivity contribution in [3.05, 3.63) is 45.8 Å². The molecule has 17 heavy (non-hydrogen) atoms. The van der Waals surface area contributed by atoms with Crippen LogP contribution in [-0.2, 0) is 6.42 Å². The lowest BCUT2D eigenvalue weighted by molar-refractivity contribution is 1.05. The first-order valence-electron chi connectivity index (χ1n) is 5.39. The third-order valence-electron chi connectivity index (χ3n) is 2.69. The van der Waals surface area contributed by atoms with Gasteiger partial charge in [0.25, 0.3) is 0 Å². The summed E-state index contributed by atoms with van der Waals surface area (Å²) in [4.78, 5) is 8.29. The summed E-state index contributed by atoms with van der Waals surface area (Å²) in [6.07, 6.45) is 2.27. The monoisotopic (exact) mass is 266 g/mol. The zero-order valence-corrected chi connectivity index (χ0v) is 11.2. The Labute approximate surface area is 111 Å². The van der Waals surface area contributed by atoms with Crippen molar-refractivity contribution in [1.82, 2.24) is 9.97 Å². The third-order valence-corrected chi connectivity index (χ3v) is 3.42. The number of hydrogen-bond donors (Lipinski definition) is 0. The average Bonchev–Trinajstić information content (AvgIpc) is 2.32. The Balaban J connectivity index is 2.60. The molecule has 1 aromatic heterocycles. The maximum atomic E-state index is 6.12. The fourth-order valence-electron chi connectivity index (χ4n) is 1.69. The normalized spacial score (nSPS) is 10.6. The van der Waals surface area contributed by atoms with Gasteiger partial charge >= 0.3 is 0 Å². The van der Waals surface area contributed by atoms with E-state index in [-0.39, 0.29) is 0 Å². The second-order valence-corrected chi connectivity index (χ2v) is 4.57. The van der Waals surface area contributed by atoms with E-state index in [9.17, 15) is 0 Å². The molecule has 0 saturated carbocycles. The lowest BCUT2D eigenvalue weighted by atomic mass is 10.0. The molecule has 0 amide bonds. The van der Waals surface area contributed by atoms with Crippen molar-refractivity contribution >= 4 is 23.2 Å². The van der Waals surface area contributed by atoms with Crippen molar-refractivity contribution in [3.8, 4) is 11.3 Å². The highest BCUT2D eigenvalue weighted by atomic mass is 35.5. The van der Waals surface area contributed by atoms with E-state index in [2.05, 4.69) is 9.97 Å². The Bertz CT molecular complexity index is 553. The fourth-order valence-corrected chi connectivity index (χ4v) is 2.14. The van der Waals surface area contributed by atoms with Gasteiger partial charge in [-0.15, -0.1) is 0 Å². The van der Waals surface area contributed by atoms with Gasteiger partial charge in [0, 0.05) is 16.1 Å². The molecule has 1 aromatic carbocycles. The van der Waals surface area contributed by atoms with Gasteiger partial charge in [-0.3, -0.25) is 0 Å². The smallest absolute Gasteiger partial charge is 0.136 e. The molecule has 0 aliphatic heterocycles. The molecular weight excluding hydrogens is 255 g/mol. The Morgan fingerprint density at radius 1 is 1.18 bits per heavy atom. The molecule has 4 heteroatoms. The molecule has 2 nitrogen and oxygen atoms in total. The van der Waals surface area contributed by atoms with Crippen LogP contribution in [0.3, 0.4) is 0 Å².